The molecule has 0 bridgehead atoms. The van der Waals surface area contributed by atoms with Gasteiger partial charge in [-0.2, -0.15) is 5.10 Å². The fourth-order valence-electron chi connectivity index (χ4n) is 1.60. The number of pyridine rings is 1. The summed E-state index contributed by atoms with van der Waals surface area (Å²) in [5.74, 6) is -0.709. The molecule has 0 atom stereocenters. The van der Waals surface area contributed by atoms with E-state index in [0.717, 1.165) is 0 Å². The molecule has 0 unspecified atom stereocenters. The molecule has 18 heavy (non-hydrogen) atoms. The number of halogens is 1. The highest BCUT2D eigenvalue weighted by Crippen LogP contribution is 2.24. The third kappa shape index (κ3) is 1.91. The van der Waals surface area contributed by atoms with E-state index in [4.69, 9.17) is 22.4 Å². The van der Waals surface area contributed by atoms with Crippen molar-refractivity contribution in [3.8, 4) is 5.82 Å². The van der Waals surface area contributed by atoms with Gasteiger partial charge in [-0.1, -0.05) is 11.6 Å². The molecule has 6 nitrogen and oxygen atoms in total. The molecular formula is C11H11ClN4O2. The summed E-state index contributed by atoms with van der Waals surface area (Å²) in [7, 11) is 0. The molecule has 0 aliphatic heterocycles. The Bertz CT molecular complexity index is 636. The summed E-state index contributed by atoms with van der Waals surface area (Å²) in [6.45, 7) is 3.56. The Morgan fingerprint density at radius 2 is 2.17 bits per heavy atom. The average molecular weight is 267 g/mol. The van der Waals surface area contributed by atoms with Crippen LogP contribution < -0.4 is 5.73 Å². The van der Waals surface area contributed by atoms with Gasteiger partial charge < -0.3 is 10.8 Å². The van der Waals surface area contributed by atoms with Crippen molar-refractivity contribution in [3.63, 3.8) is 0 Å². The van der Waals surface area contributed by atoms with Crippen LogP contribution in [0.15, 0.2) is 12.3 Å². The number of nitrogens with zero attached hydrogens (tertiary/aromatic N) is 3. The normalized spacial score (nSPS) is 10.6. The van der Waals surface area contributed by atoms with E-state index in [0.29, 0.717) is 22.2 Å². The quantitative estimate of drug-likeness (QED) is 0.865. The predicted octanol–water partition coefficient (Wildman–Crippen LogP) is 1.82. The minimum absolute atomic E-state index is 0.0314. The van der Waals surface area contributed by atoms with Crippen molar-refractivity contribution in [2.75, 3.05) is 5.73 Å². The number of carbonyl (C=O) groups is 1. The van der Waals surface area contributed by atoms with Crippen LogP contribution in [0.25, 0.3) is 5.82 Å². The molecule has 94 valence electrons. The zero-order chi connectivity index (χ0) is 13.4. The Hall–Kier alpha value is -2.08. The van der Waals surface area contributed by atoms with Gasteiger partial charge in [-0.05, 0) is 19.9 Å². The lowest BCUT2D eigenvalue weighted by atomic mass is 10.2. The van der Waals surface area contributed by atoms with Crippen molar-refractivity contribution in [1.82, 2.24) is 14.8 Å². The molecule has 0 aromatic carbocycles. The molecule has 0 saturated carbocycles. The number of carboxylic acids is 1. The monoisotopic (exact) mass is 266 g/mol. The molecule has 0 amide bonds. The Morgan fingerprint density at radius 3 is 2.61 bits per heavy atom. The molecule has 0 aliphatic rings. The molecule has 0 saturated heterocycles. The van der Waals surface area contributed by atoms with Crippen LogP contribution >= 0.6 is 11.6 Å². The van der Waals surface area contributed by atoms with Crippen LogP contribution in [0.3, 0.4) is 0 Å². The number of hydrogen-bond acceptors (Lipinski definition) is 4. The van der Waals surface area contributed by atoms with Crippen molar-refractivity contribution in [2.45, 2.75) is 13.8 Å². The third-order valence-corrected chi connectivity index (χ3v) is 3.09. The highest BCUT2D eigenvalue weighted by Gasteiger charge is 2.15. The van der Waals surface area contributed by atoms with E-state index in [-0.39, 0.29) is 11.3 Å². The smallest absolute Gasteiger partial charge is 0.337 e. The number of anilines is 1. The third-order valence-electron chi connectivity index (χ3n) is 2.55. The lowest BCUT2D eigenvalue weighted by molar-refractivity contribution is 0.0696. The predicted molar refractivity (Wildman–Crippen MR) is 67.2 cm³/mol. The number of carboxylic acid groups (broad SMARTS) is 1. The van der Waals surface area contributed by atoms with Crippen LogP contribution in [0.4, 0.5) is 5.69 Å². The maximum Gasteiger partial charge on any atom is 0.337 e. The first-order valence-electron chi connectivity index (χ1n) is 5.12. The first-order valence-corrected chi connectivity index (χ1v) is 5.50. The van der Waals surface area contributed by atoms with Crippen LogP contribution in [0.2, 0.25) is 5.02 Å². The lowest BCUT2D eigenvalue weighted by Crippen LogP contribution is -2.08. The molecule has 2 aromatic rings. The Balaban J connectivity index is 2.58. The molecule has 2 aromatic heterocycles. The summed E-state index contributed by atoms with van der Waals surface area (Å²) in [6, 6.07) is 1.34. The Morgan fingerprint density at radius 1 is 1.50 bits per heavy atom. The first kappa shape index (κ1) is 12.4. The van der Waals surface area contributed by atoms with Gasteiger partial charge in [-0.15, -0.1) is 0 Å². The van der Waals surface area contributed by atoms with Crippen molar-refractivity contribution in [2.24, 2.45) is 0 Å². The van der Waals surface area contributed by atoms with Crippen molar-refractivity contribution in [1.29, 1.82) is 0 Å². The highest BCUT2D eigenvalue weighted by atomic mass is 35.5. The molecular weight excluding hydrogens is 256 g/mol. The average Bonchev–Trinajstić information content (AvgIpc) is 2.57. The van der Waals surface area contributed by atoms with Crippen molar-refractivity contribution < 1.29 is 9.90 Å². The van der Waals surface area contributed by atoms with E-state index in [1.165, 1.54) is 16.9 Å². The van der Waals surface area contributed by atoms with Crippen LogP contribution in [-0.4, -0.2) is 25.8 Å². The van der Waals surface area contributed by atoms with Gasteiger partial charge in [0.1, 0.15) is 0 Å². The van der Waals surface area contributed by atoms with Crippen molar-refractivity contribution in [3.05, 3.63) is 34.2 Å². The summed E-state index contributed by atoms with van der Waals surface area (Å²) in [4.78, 5) is 14.8. The van der Waals surface area contributed by atoms with Crippen LogP contribution in [-0.2, 0) is 0 Å². The summed E-state index contributed by atoms with van der Waals surface area (Å²) in [6.07, 6.45) is 1.23. The Labute approximate surface area is 108 Å². The van der Waals surface area contributed by atoms with E-state index >= 15 is 0 Å². The largest absolute Gasteiger partial charge is 0.478 e. The summed E-state index contributed by atoms with van der Waals surface area (Å²) in [5, 5.41) is 13.6. The van der Waals surface area contributed by atoms with E-state index in [2.05, 4.69) is 10.1 Å². The van der Waals surface area contributed by atoms with Gasteiger partial charge in [0, 0.05) is 6.20 Å². The van der Waals surface area contributed by atoms with Crippen LogP contribution in [0, 0.1) is 13.8 Å². The minimum Gasteiger partial charge on any atom is -0.478 e. The summed E-state index contributed by atoms with van der Waals surface area (Å²) in [5.41, 5.74) is 7.42. The standard InChI is InChI=1S/C11H11ClN4O2/c1-5-9(12)6(2)16(15-5)10-8(13)3-7(4-14-10)11(17)18/h3-4H,13H2,1-2H3,(H,17,18). The second-order valence-corrected chi connectivity index (χ2v) is 4.22. The van der Waals surface area contributed by atoms with E-state index in [1.807, 2.05) is 0 Å². The number of hydrogen-bond donors (Lipinski definition) is 2. The summed E-state index contributed by atoms with van der Waals surface area (Å²) >= 11 is 6.04. The summed E-state index contributed by atoms with van der Waals surface area (Å²) < 4.78 is 1.50. The Kier molecular flexibility index (Phi) is 2.96. The number of aromatic carboxylic acids is 1. The van der Waals surface area contributed by atoms with E-state index < -0.39 is 5.97 Å². The van der Waals surface area contributed by atoms with Gasteiger partial charge in [0.15, 0.2) is 5.82 Å². The molecule has 0 fully saturated rings. The molecule has 2 heterocycles. The zero-order valence-corrected chi connectivity index (χ0v) is 10.6. The molecule has 2 rings (SSSR count). The van der Waals surface area contributed by atoms with Gasteiger partial charge >= 0.3 is 5.97 Å². The SMILES string of the molecule is Cc1nn(-c2ncc(C(=O)O)cc2N)c(C)c1Cl. The topological polar surface area (TPSA) is 94.0 Å². The van der Waals surface area contributed by atoms with Gasteiger partial charge in [0.2, 0.25) is 0 Å². The second-order valence-electron chi connectivity index (χ2n) is 3.84. The fraction of sp³-hybridized carbons (Fsp3) is 0.182. The second kappa shape index (κ2) is 4.30. The van der Waals surface area contributed by atoms with Gasteiger partial charge in [-0.25, -0.2) is 14.5 Å². The maximum absolute atomic E-state index is 10.8. The maximum atomic E-state index is 10.8. The van der Waals surface area contributed by atoms with E-state index in [9.17, 15) is 4.79 Å². The van der Waals surface area contributed by atoms with Crippen molar-refractivity contribution >= 4 is 23.3 Å². The zero-order valence-electron chi connectivity index (χ0n) is 9.81. The molecule has 0 aliphatic carbocycles. The number of aryl methyl sites for hydroxylation is 1. The van der Waals surface area contributed by atoms with Gasteiger partial charge in [0.25, 0.3) is 0 Å². The number of aromatic nitrogens is 3. The number of nitrogens with two attached hydrogens (primary N) is 1. The molecule has 3 N–H and O–H groups in total. The molecule has 7 heteroatoms. The first-order chi connectivity index (χ1) is 8.41. The van der Waals surface area contributed by atoms with Gasteiger partial charge in [-0.3, -0.25) is 0 Å². The number of nitrogen functional groups attached to an aromatic ring is 1. The minimum atomic E-state index is -1.08. The lowest BCUT2D eigenvalue weighted by Gasteiger charge is -2.07. The van der Waals surface area contributed by atoms with E-state index in [1.54, 1.807) is 13.8 Å². The molecule has 0 spiro atoms. The van der Waals surface area contributed by atoms with Gasteiger partial charge in [0.05, 0.1) is 27.7 Å². The van der Waals surface area contributed by atoms with Crippen LogP contribution in [0.1, 0.15) is 21.7 Å². The fourth-order valence-corrected chi connectivity index (χ4v) is 1.72. The number of rotatable bonds is 2. The van der Waals surface area contributed by atoms with Crippen LogP contribution in [0.5, 0.6) is 0 Å². The molecule has 0 radical (unpaired) electrons. The highest BCUT2D eigenvalue weighted by molar-refractivity contribution is 6.31.